The molecule has 0 aliphatic heterocycles. The Hall–Kier alpha value is -1.08. The molecular formula is C11H18N2O2. The smallest absolute Gasteiger partial charge is 0.240 e. The number of amides is 1. The third-order valence-corrected chi connectivity index (χ3v) is 2.91. The minimum atomic E-state index is -0.741. The first kappa shape index (κ1) is 12.0. The molecule has 0 spiro atoms. The lowest BCUT2D eigenvalue weighted by atomic mass is 9.89. The van der Waals surface area contributed by atoms with Crippen LogP contribution in [0.5, 0.6) is 0 Å². The molecule has 1 aliphatic rings. The normalized spacial score (nSPS) is 18.0. The SMILES string of the molecule is CC(C)(CCO)CNC(=O)C1(C#N)CC1. The fourth-order valence-electron chi connectivity index (χ4n) is 1.39. The lowest BCUT2D eigenvalue weighted by Crippen LogP contribution is -2.38. The molecule has 1 fully saturated rings. The summed E-state index contributed by atoms with van der Waals surface area (Å²) in [5, 5.41) is 20.4. The molecule has 15 heavy (non-hydrogen) atoms. The van der Waals surface area contributed by atoms with E-state index in [9.17, 15) is 4.79 Å². The van der Waals surface area contributed by atoms with Crippen LogP contribution in [-0.4, -0.2) is 24.2 Å². The van der Waals surface area contributed by atoms with E-state index in [-0.39, 0.29) is 17.9 Å². The van der Waals surface area contributed by atoms with Gasteiger partial charge in [-0.25, -0.2) is 0 Å². The van der Waals surface area contributed by atoms with Gasteiger partial charge in [-0.1, -0.05) is 13.8 Å². The first-order valence-electron chi connectivity index (χ1n) is 5.26. The van der Waals surface area contributed by atoms with Gasteiger partial charge >= 0.3 is 0 Å². The number of nitrogens with zero attached hydrogens (tertiary/aromatic N) is 1. The van der Waals surface area contributed by atoms with Gasteiger partial charge in [0.2, 0.25) is 5.91 Å². The standard InChI is InChI=1S/C11H18N2O2/c1-10(2,5-6-14)8-13-9(15)11(7-12)3-4-11/h14H,3-6,8H2,1-2H3,(H,13,15). The van der Waals surface area contributed by atoms with E-state index in [2.05, 4.69) is 11.4 Å². The molecule has 0 bridgehead atoms. The van der Waals surface area contributed by atoms with Crippen LogP contribution in [0.3, 0.4) is 0 Å². The molecule has 0 unspecified atom stereocenters. The summed E-state index contributed by atoms with van der Waals surface area (Å²) in [6.45, 7) is 4.59. The van der Waals surface area contributed by atoms with Crippen molar-refractivity contribution < 1.29 is 9.90 Å². The fraction of sp³-hybridized carbons (Fsp3) is 0.818. The van der Waals surface area contributed by atoms with E-state index >= 15 is 0 Å². The van der Waals surface area contributed by atoms with Crippen molar-refractivity contribution in [3.8, 4) is 6.07 Å². The number of nitriles is 1. The van der Waals surface area contributed by atoms with E-state index in [1.54, 1.807) is 0 Å². The predicted octanol–water partition coefficient (Wildman–Crippen LogP) is 0.815. The van der Waals surface area contributed by atoms with E-state index in [0.29, 0.717) is 25.8 Å². The number of carbonyl (C=O) groups excluding carboxylic acids is 1. The number of nitrogens with one attached hydrogen (secondary N) is 1. The van der Waals surface area contributed by atoms with Crippen molar-refractivity contribution in [1.29, 1.82) is 5.26 Å². The fourth-order valence-corrected chi connectivity index (χ4v) is 1.39. The number of hydrogen-bond donors (Lipinski definition) is 2. The van der Waals surface area contributed by atoms with Crippen LogP contribution in [0.15, 0.2) is 0 Å². The monoisotopic (exact) mass is 210 g/mol. The van der Waals surface area contributed by atoms with Crippen LogP contribution in [0, 0.1) is 22.2 Å². The van der Waals surface area contributed by atoms with Crippen molar-refractivity contribution in [2.24, 2.45) is 10.8 Å². The zero-order valence-corrected chi connectivity index (χ0v) is 9.34. The Morgan fingerprint density at radius 2 is 2.20 bits per heavy atom. The van der Waals surface area contributed by atoms with Gasteiger partial charge in [-0.15, -0.1) is 0 Å². The average molecular weight is 210 g/mol. The molecule has 0 aromatic carbocycles. The second-order valence-corrected chi connectivity index (χ2v) is 5.01. The van der Waals surface area contributed by atoms with Crippen LogP contribution in [0.25, 0.3) is 0 Å². The molecule has 1 rings (SSSR count). The minimum Gasteiger partial charge on any atom is -0.396 e. The molecule has 0 saturated heterocycles. The Morgan fingerprint density at radius 1 is 1.60 bits per heavy atom. The summed E-state index contributed by atoms with van der Waals surface area (Å²) in [4.78, 5) is 11.6. The number of aliphatic hydroxyl groups is 1. The van der Waals surface area contributed by atoms with E-state index in [1.165, 1.54) is 0 Å². The molecule has 0 heterocycles. The molecule has 1 amide bonds. The molecule has 4 nitrogen and oxygen atoms in total. The van der Waals surface area contributed by atoms with E-state index < -0.39 is 5.41 Å². The van der Waals surface area contributed by atoms with Gasteiger partial charge in [0.25, 0.3) is 0 Å². The number of aliphatic hydroxyl groups excluding tert-OH is 1. The Kier molecular flexibility index (Phi) is 3.35. The molecule has 0 aromatic rings. The van der Waals surface area contributed by atoms with Crippen molar-refractivity contribution >= 4 is 5.91 Å². The second-order valence-electron chi connectivity index (χ2n) is 5.01. The van der Waals surface area contributed by atoms with Gasteiger partial charge in [0.05, 0.1) is 6.07 Å². The topological polar surface area (TPSA) is 73.1 Å². The molecular weight excluding hydrogens is 192 g/mol. The lowest BCUT2D eigenvalue weighted by molar-refractivity contribution is -0.124. The molecule has 0 aromatic heterocycles. The molecule has 1 aliphatic carbocycles. The van der Waals surface area contributed by atoms with E-state index in [0.717, 1.165) is 0 Å². The summed E-state index contributed by atoms with van der Waals surface area (Å²) >= 11 is 0. The molecule has 2 N–H and O–H groups in total. The number of carbonyl (C=O) groups is 1. The largest absolute Gasteiger partial charge is 0.396 e. The Labute approximate surface area is 90.3 Å². The summed E-state index contributed by atoms with van der Waals surface area (Å²) in [6, 6.07) is 2.06. The maximum Gasteiger partial charge on any atom is 0.240 e. The molecule has 4 heteroatoms. The molecule has 1 saturated carbocycles. The quantitative estimate of drug-likeness (QED) is 0.705. The summed E-state index contributed by atoms with van der Waals surface area (Å²) < 4.78 is 0. The van der Waals surface area contributed by atoms with Gasteiger partial charge in [-0.2, -0.15) is 5.26 Å². The van der Waals surface area contributed by atoms with Crippen LogP contribution < -0.4 is 5.32 Å². The minimum absolute atomic E-state index is 0.115. The Bertz CT molecular complexity index is 287. The lowest BCUT2D eigenvalue weighted by Gasteiger charge is -2.24. The first-order valence-corrected chi connectivity index (χ1v) is 5.26. The van der Waals surface area contributed by atoms with E-state index in [1.807, 2.05) is 13.8 Å². The Balaban J connectivity index is 2.38. The molecule has 0 radical (unpaired) electrons. The van der Waals surface area contributed by atoms with E-state index in [4.69, 9.17) is 10.4 Å². The highest BCUT2D eigenvalue weighted by atomic mass is 16.3. The van der Waals surface area contributed by atoms with Crippen LogP contribution in [-0.2, 0) is 4.79 Å². The van der Waals surface area contributed by atoms with Crippen molar-refractivity contribution in [2.75, 3.05) is 13.2 Å². The van der Waals surface area contributed by atoms with Crippen LogP contribution in [0.1, 0.15) is 33.1 Å². The number of rotatable bonds is 5. The second kappa shape index (κ2) is 4.19. The first-order chi connectivity index (χ1) is 6.96. The van der Waals surface area contributed by atoms with Crippen molar-refractivity contribution in [1.82, 2.24) is 5.32 Å². The van der Waals surface area contributed by atoms with Gasteiger partial charge in [0.15, 0.2) is 0 Å². The van der Waals surface area contributed by atoms with Crippen molar-refractivity contribution in [3.05, 3.63) is 0 Å². The van der Waals surface area contributed by atoms with Crippen LogP contribution in [0.4, 0.5) is 0 Å². The van der Waals surface area contributed by atoms with Crippen molar-refractivity contribution in [3.63, 3.8) is 0 Å². The highest BCUT2D eigenvalue weighted by Crippen LogP contribution is 2.45. The zero-order chi connectivity index (χ0) is 11.5. The maximum absolute atomic E-state index is 11.6. The molecule has 0 atom stereocenters. The van der Waals surface area contributed by atoms with Gasteiger partial charge in [0, 0.05) is 13.2 Å². The Morgan fingerprint density at radius 3 is 2.60 bits per heavy atom. The third kappa shape index (κ3) is 2.93. The van der Waals surface area contributed by atoms with Crippen molar-refractivity contribution in [2.45, 2.75) is 33.1 Å². The zero-order valence-electron chi connectivity index (χ0n) is 9.34. The summed E-state index contributed by atoms with van der Waals surface area (Å²) in [7, 11) is 0. The van der Waals surface area contributed by atoms with Gasteiger partial charge in [-0.3, -0.25) is 4.79 Å². The molecule has 84 valence electrons. The number of hydrogen-bond acceptors (Lipinski definition) is 3. The highest BCUT2D eigenvalue weighted by molar-refractivity contribution is 5.88. The average Bonchev–Trinajstić information content (AvgIpc) is 2.95. The van der Waals surface area contributed by atoms with Crippen LogP contribution in [0.2, 0.25) is 0 Å². The van der Waals surface area contributed by atoms with Gasteiger partial charge in [-0.05, 0) is 24.7 Å². The summed E-state index contributed by atoms with van der Waals surface area (Å²) in [5.41, 5.74) is -0.856. The summed E-state index contributed by atoms with van der Waals surface area (Å²) in [5.74, 6) is -0.156. The summed E-state index contributed by atoms with van der Waals surface area (Å²) in [6.07, 6.45) is 2.00. The maximum atomic E-state index is 11.6. The third-order valence-electron chi connectivity index (χ3n) is 2.91. The van der Waals surface area contributed by atoms with Gasteiger partial charge < -0.3 is 10.4 Å². The van der Waals surface area contributed by atoms with Gasteiger partial charge in [0.1, 0.15) is 5.41 Å². The highest BCUT2D eigenvalue weighted by Gasteiger charge is 2.50. The van der Waals surface area contributed by atoms with Crippen LogP contribution >= 0.6 is 0 Å². The predicted molar refractivity (Wildman–Crippen MR) is 55.8 cm³/mol.